The van der Waals surface area contributed by atoms with Gasteiger partial charge in [-0.05, 0) is 30.2 Å². The maximum atomic E-state index is 13.5. The molecule has 0 radical (unpaired) electrons. The molecule has 0 atom stereocenters. The molecule has 7 heteroatoms. The van der Waals surface area contributed by atoms with Crippen LogP contribution in [0.5, 0.6) is 0 Å². The van der Waals surface area contributed by atoms with E-state index in [-0.39, 0.29) is 6.54 Å². The zero-order valence-corrected chi connectivity index (χ0v) is 11.7. The highest BCUT2D eigenvalue weighted by molar-refractivity contribution is 7.89. The molecule has 2 rings (SSSR count). The highest BCUT2D eigenvalue weighted by Crippen LogP contribution is 2.11. The van der Waals surface area contributed by atoms with Crippen LogP contribution in [0.15, 0.2) is 41.7 Å². The molecule has 2 aromatic heterocycles. The monoisotopic (exact) mass is 295 g/mol. The average molecular weight is 295 g/mol. The standard InChI is InChI=1S/C13H14FN3O2S/c1-2-10-5-3-7-15-12(10)9-17-20(18,19)13-11(14)6-4-8-16-13/h3-8,17H,2,9H2,1H3. The number of aryl methyl sites for hydroxylation is 1. The molecule has 106 valence electrons. The van der Waals surface area contributed by atoms with Crippen LogP contribution in [-0.2, 0) is 23.0 Å². The van der Waals surface area contributed by atoms with Crippen molar-refractivity contribution in [1.82, 2.24) is 14.7 Å². The minimum atomic E-state index is -3.99. The maximum absolute atomic E-state index is 13.5. The lowest BCUT2D eigenvalue weighted by atomic mass is 10.1. The number of nitrogens with zero attached hydrogens (tertiary/aromatic N) is 2. The lowest BCUT2D eigenvalue weighted by Crippen LogP contribution is -2.26. The van der Waals surface area contributed by atoms with Crippen LogP contribution in [0, 0.1) is 5.82 Å². The Morgan fingerprint density at radius 3 is 2.60 bits per heavy atom. The number of halogens is 1. The SMILES string of the molecule is CCc1cccnc1CNS(=O)(=O)c1ncccc1F. The number of nitrogens with one attached hydrogen (secondary N) is 1. The molecule has 0 saturated carbocycles. The molecule has 1 N–H and O–H groups in total. The fraction of sp³-hybridized carbons (Fsp3) is 0.231. The summed E-state index contributed by atoms with van der Waals surface area (Å²) in [7, 11) is -3.99. The van der Waals surface area contributed by atoms with Gasteiger partial charge in [0, 0.05) is 12.4 Å². The van der Waals surface area contributed by atoms with Crippen LogP contribution in [0.2, 0.25) is 0 Å². The van der Waals surface area contributed by atoms with Gasteiger partial charge in [0.15, 0.2) is 5.82 Å². The van der Waals surface area contributed by atoms with Crippen molar-refractivity contribution in [3.8, 4) is 0 Å². The Labute approximate surface area is 116 Å². The van der Waals surface area contributed by atoms with Crippen molar-refractivity contribution in [2.24, 2.45) is 0 Å². The minimum absolute atomic E-state index is 0.00234. The molecule has 0 saturated heterocycles. The molecule has 0 aliphatic rings. The third kappa shape index (κ3) is 3.17. The van der Waals surface area contributed by atoms with E-state index in [0.717, 1.165) is 18.1 Å². The molecular formula is C13H14FN3O2S. The van der Waals surface area contributed by atoms with Crippen LogP contribution in [0.25, 0.3) is 0 Å². The van der Waals surface area contributed by atoms with E-state index in [0.29, 0.717) is 5.69 Å². The summed E-state index contributed by atoms with van der Waals surface area (Å²) in [6, 6.07) is 6.05. The van der Waals surface area contributed by atoms with Crippen molar-refractivity contribution in [3.63, 3.8) is 0 Å². The molecule has 2 heterocycles. The smallest absolute Gasteiger partial charge is 0.260 e. The molecule has 0 aliphatic carbocycles. The summed E-state index contributed by atoms with van der Waals surface area (Å²) in [5, 5.41) is -0.603. The molecular weight excluding hydrogens is 281 g/mol. The Morgan fingerprint density at radius 1 is 1.20 bits per heavy atom. The second-order valence-electron chi connectivity index (χ2n) is 4.08. The van der Waals surface area contributed by atoms with Crippen LogP contribution in [0.4, 0.5) is 4.39 Å². The molecule has 0 amide bonds. The van der Waals surface area contributed by atoms with Crippen molar-refractivity contribution in [2.45, 2.75) is 24.9 Å². The van der Waals surface area contributed by atoms with Gasteiger partial charge in [0.1, 0.15) is 0 Å². The first kappa shape index (κ1) is 14.5. The van der Waals surface area contributed by atoms with E-state index in [2.05, 4.69) is 14.7 Å². The Bertz CT molecular complexity index is 704. The Kier molecular flexibility index (Phi) is 4.41. The third-order valence-electron chi connectivity index (χ3n) is 2.77. The van der Waals surface area contributed by atoms with Gasteiger partial charge in [-0.2, -0.15) is 0 Å². The van der Waals surface area contributed by atoms with Crippen molar-refractivity contribution < 1.29 is 12.8 Å². The van der Waals surface area contributed by atoms with Crippen LogP contribution >= 0.6 is 0 Å². The number of sulfonamides is 1. The predicted octanol–water partition coefficient (Wildman–Crippen LogP) is 1.66. The lowest BCUT2D eigenvalue weighted by molar-refractivity contribution is 0.544. The van der Waals surface area contributed by atoms with Crippen LogP contribution < -0.4 is 4.72 Å². The number of hydrogen-bond acceptors (Lipinski definition) is 4. The van der Waals surface area contributed by atoms with Crippen molar-refractivity contribution >= 4 is 10.0 Å². The highest BCUT2D eigenvalue weighted by atomic mass is 32.2. The van der Waals surface area contributed by atoms with E-state index in [4.69, 9.17) is 0 Å². The van der Waals surface area contributed by atoms with Gasteiger partial charge in [-0.25, -0.2) is 22.5 Å². The molecule has 0 fully saturated rings. The van der Waals surface area contributed by atoms with Gasteiger partial charge < -0.3 is 0 Å². The number of aromatic nitrogens is 2. The van der Waals surface area contributed by atoms with Gasteiger partial charge >= 0.3 is 0 Å². The van der Waals surface area contributed by atoms with Gasteiger partial charge in [-0.1, -0.05) is 13.0 Å². The van der Waals surface area contributed by atoms with Crippen LogP contribution in [0.3, 0.4) is 0 Å². The summed E-state index contributed by atoms with van der Waals surface area (Å²) in [4.78, 5) is 7.69. The predicted molar refractivity (Wildman–Crippen MR) is 71.8 cm³/mol. The summed E-state index contributed by atoms with van der Waals surface area (Å²) in [5.41, 5.74) is 1.56. The van der Waals surface area contributed by atoms with Gasteiger partial charge in [0.2, 0.25) is 5.03 Å². The quantitative estimate of drug-likeness (QED) is 0.910. The van der Waals surface area contributed by atoms with Gasteiger partial charge in [0.05, 0.1) is 12.2 Å². The molecule has 2 aromatic rings. The second kappa shape index (κ2) is 6.06. The summed E-state index contributed by atoms with van der Waals surface area (Å²) < 4.78 is 39.7. The van der Waals surface area contributed by atoms with E-state index in [1.807, 2.05) is 13.0 Å². The van der Waals surface area contributed by atoms with Crippen LogP contribution in [-0.4, -0.2) is 18.4 Å². The zero-order chi connectivity index (χ0) is 14.6. The Morgan fingerprint density at radius 2 is 1.90 bits per heavy atom. The normalized spacial score (nSPS) is 11.5. The number of pyridine rings is 2. The third-order valence-corrected chi connectivity index (χ3v) is 4.11. The topological polar surface area (TPSA) is 72.0 Å². The van der Waals surface area contributed by atoms with Crippen molar-refractivity contribution in [3.05, 3.63) is 53.7 Å². The summed E-state index contributed by atoms with van der Waals surface area (Å²) in [6.45, 7) is 1.95. The fourth-order valence-corrected chi connectivity index (χ4v) is 2.74. The van der Waals surface area contributed by atoms with Gasteiger partial charge in [-0.3, -0.25) is 4.98 Å². The molecule has 0 spiro atoms. The van der Waals surface area contributed by atoms with E-state index < -0.39 is 20.9 Å². The summed E-state index contributed by atoms with van der Waals surface area (Å²) in [5.74, 6) is -0.878. The van der Waals surface area contributed by atoms with E-state index >= 15 is 0 Å². The van der Waals surface area contributed by atoms with E-state index in [1.165, 1.54) is 12.3 Å². The molecule has 0 bridgehead atoms. The number of hydrogen-bond donors (Lipinski definition) is 1. The van der Waals surface area contributed by atoms with Gasteiger partial charge in [-0.15, -0.1) is 0 Å². The Balaban J connectivity index is 2.20. The van der Waals surface area contributed by atoms with Crippen LogP contribution in [0.1, 0.15) is 18.2 Å². The van der Waals surface area contributed by atoms with E-state index in [1.54, 1.807) is 12.3 Å². The Hall–Kier alpha value is -1.86. The molecule has 0 aliphatic heterocycles. The average Bonchev–Trinajstić information content (AvgIpc) is 2.46. The largest absolute Gasteiger partial charge is 0.261 e. The molecule has 0 aromatic carbocycles. The molecule has 0 unspecified atom stereocenters. The zero-order valence-electron chi connectivity index (χ0n) is 10.9. The fourth-order valence-electron chi connectivity index (χ4n) is 1.75. The van der Waals surface area contributed by atoms with Gasteiger partial charge in [0.25, 0.3) is 10.0 Å². The maximum Gasteiger partial charge on any atom is 0.261 e. The number of rotatable bonds is 5. The summed E-state index contributed by atoms with van der Waals surface area (Å²) in [6.07, 6.45) is 3.56. The first-order valence-corrected chi connectivity index (χ1v) is 7.56. The van der Waals surface area contributed by atoms with Crippen molar-refractivity contribution in [1.29, 1.82) is 0 Å². The first-order chi connectivity index (χ1) is 9.54. The second-order valence-corrected chi connectivity index (χ2v) is 5.76. The van der Waals surface area contributed by atoms with E-state index in [9.17, 15) is 12.8 Å². The van der Waals surface area contributed by atoms with Crippen molar-refractivity contribution in [2.75, 3.05) is 0 Å². The first-order valence-electron chi connectivity index (χ1n) is 6.07. The lowest BCUT2D eigenvalue weighted by Gasteiger charge is -2.09. The molecule has 20 heavy (non-hydrogen) atoms. The highest BCUT2D eigenvalue weighted by Gasteiger charge is 2.20. The molecule has 5 nitrogen and oxygen atoms in total. The minimum Gasteiger partial charge on any atom is -0.260 e. The summed E-state index contributed by atoms with van der Waals surface area (Å²) >= 11 is 0.